The Bertz CT molecular complexity index is 149. The molecule has 3 nitrogen and oxygen atoms in total. The van der Waals surface area contributed by atoms with Crippen molar-refractivity contribution in [3.8, 4) is 12.3 Å². The van der Waals surface area contributed by atoms with Gasteiger partial charge in [-0.15, -0.1) is 12.3 Å². The zero-order valence-electron chi connectivity index (χ0n) is 6.72. The third-order valence-electron chi connectivity index (χ3n) is 1.03. The predicted octanol–water partition coefficient (Wildman–Crippen LogP) is 0.162. The first-order valence-electron chi connectivity index (χ1n) is 3.59. The standard InChI is InChI=1S/C8H13NO2/c1-3-5-6-9-8(10)7-11-4-2/h1H,4-7H2,2H3,(H,9,10). The van der Waals surface area contributed by atoms with Gasteiger partial charge in [-0.1, -0.05) is 0 Å². The molecule has 0 bridgehead atoms. The largest absolute Gasteiger partial charge is 0.372 e. The number of carbonyl (C=O) groups is 1. The quantitative estimate of drug-likeness (QED) is 0.454. The second-order valence-corrected chi connectivity index (χ2v) is 1.94. The van der Waals surface area contributed by atoms with Crippen molar-refractivity contribution in [2.45, 2.75) is 13.3 Å². The van der Waals surface area contributed by atoms with Crippen molar-refractivity contribution in [3.05, 3.63) is 0 Å². The zero-order valence-corrected chi connectivity index (χ0v) is 6.72. The Labute approximate surface area is 67.1 Å². The summed E-state index contributed by atoms with van der Waals surface area (Å²) >= 11 is 0. The van der Waals surface area contributed by atoms with E-state index >= 15 is 0 Å². The predicted molar refractivity (Wildman–Crippen MR) is 43.0 cm³/mol. The Balaban J connectivity index is 3.17. The number of ether oxygens (including phenoxy) is 1. The minimum Gasteiger partial charge on any atom is -0.372 e. The molecule has 0 aliphatic rings. The van der Waals surface area contributed by atoms with Crippen molar-refractivity contribution in [1.82, 2.24) is 5.32 Å². The first kappa shape index (κ1) is 9.99. The van der Waals surface area contributed by atoms with Gasteiger partial charge in [0.2, 0.25) is 5.91 Å². The van der Waals surface area contributed by atoms with Gasteiger partial charge in [0, 0.05) is 19.6 Å². The van der Waals surface area contributed by atoms with Crippen LogP contribution in [0.5, 0.6) is 0 Å². The first-order chi connectivity index (χ1) is 5.31. The van der Waals surface area contributed by atoms with E-state index in [2.05, 4.69) is 11.2 Å². The average Bonchev–Trinajstić information content (AvgIpc) is 2.01. The van der Waals surface area contributed by atoms with Gasteiger partial charge in [-0.3, -0.25) is 4.79 Å². The van der Waals surface area contributed by atoms with Gasteiger partial charge in [-0.25, -0.2) is 0 Å². The molecule has 0 rings (SSSR count). The van der Waals surface area contributed by atoms with Gasteiger partial charge in [0.15, 0.2) is 0 Å². The summed E-state index contributed by atoms with van der Waals surface area (Å²) in [5, 5.41) is 2.61. The molecule has 0 aliphatic heterocycles. The molecule has 11 heavy (non-hydrogen) atoms. The van der Waals surface area contributed by atoms with Crippen LogP contribution in [0.2, 0.25) is 0 Å². The van der Waals surface area contributed by atoms with Gasteiger partial charge >= 0.3 is 0 Å². The van der Waals surface area contributed by atoms with E-state index in [-0.39, 0.29) is 12.5 Å². The molecule has 0 aromatic carbocycles. The molecule has 1 N–H and O–H groups in total. The van der Waals surface area contributed by atoms with Gasteiger partial charge < -0.3 is 10.1 Å². The first-order valence-corrected chi connectivity index (χ1v) is 3.59. The number of amides is 1. The van der Waals surface area contributed by atoms with Crippen molar-refractivity contribution in [2.24, 2.45) is 0 Å². The fraction of sp³-hybridized carbons (Fsp3) is 0.625. The van der Waals surface area contributed by atoms with Crippen molar-refractivity contribution in [1.29, 1.82) is 0 Å². The molecule has 0 aliphatic carbocycles. The fourth-order valence-electron chi connectivity index (χ4n) is 0.520. The summed E-state index contributed by atoms with van der Waals surface area (Å²) in [4.78, 5) is 10.8. The van der Waals surface area contributed by atoms with Gasteiger partial charge in [-0.2, -0.15) is 0 Å². The maximum absolute atomic E-state index is 10.8. The monoisotopic (exact) mass is 155 g/mol. The normalized spacial score (nSPS) is 8.73. The fourth-order valence-corrected chi connectivity index (χ4v) is 0.520. The van der Waals surface area contributed by atoms with Crippen molar-refractivity contribution in [2.75, 3.05) is 19.8 Å². The molecular weight excluding hydrogens is 142 g/mol. The highest BCUT2D eigenvalue weighted by Crippen LogP contribution is 1.75. The van der Waals surface area contributed by atoms with Gasteiger partial charge in [0.05, 0.1) is 0 Å². The minimum absolute atomic E-state index is 0.109. The van der Waals surface area contributed by atoms with E-state index in [1.807, 2.05) is 6.92 Å². The van der Waals surface area contributed by atoms with Crippen molar-refractivity contribution >= 4 is 5.91 Å². The lowest BCUT2D eigenvalue weighted by molar-refractivity contribution is -0.125. The molecule has 1 amide bonds. The molecule has 0 fully saturated rings. The highest BCUT2D eigenvalue weighted by atomic mass is 16.5. The number of hydrogen-bond acceptors (Lipinski definition) is 2. The maximum atomic E-state index is 10.8. The molecule has 0 spiro atoms. The lowest BCUT2D eigenvalue weighted by Gasteiger charge is -2.01. The summed E-state index contributed by atoms with van der Waals surface area (Å²) in [7, 11) is 0. The lowest BCUT2D eigenvalue weighted by Crippen LogP contribution is -2.28. The van der Waals surface area contributed by atoms with Crippen LogP contribution in [-0.2, 0) is 9.53 Å². The second kappa shape index (κ2) is 7.10. The number of hydrogen-bond donors (Lipinski definition) is 1. The molecule has 62 valence electrons. The van der Waals surface area contributed by atoms with Crippen LogP contribution in [0.4, 0.5) is 0 Å². The van der Waals surface area contributed by atoms with Crippen LogP contribution in [-0.4, -0.2) is 25.7 Å². The highest BCUT2D eigenvalue weighted by molar-refractivity contribution is 5.77. The Morgan fingerprint density at radius 1 is 1.73 bits per heavy atom. The van der Waals surface area contributed by atoms with E-state index in [9.17, 15) is 4.79 Å². The van der Waals surface area contributed by atoms with E-state index in [0.717, 1.165) is 0 Å². The number of carbonyl (C=O) groups excluding carboxylic acids is 1. The lowest BCUT2D eigenvalue weighted by atomic mass is 10.4. The molecule has 0 saturated carbocycles. The van der Waals surface area contributed by atoms with E-state index in [4.69, 9.17) is 11.2 Å². The summed E-state index contributed by atoms with van der Waals surface area (Å²) in [5.74, 6) is 2.31. The summed E-state index contributed by atoms with van der Waals surface area (Å²) in [5.41, 5.74) is 0. The van der Waals surface area contributed by atoms with Gasteiger partial charge in [0.1, 0.15) is 6.61 Å². The molecule has 0 radical (unpaired) electrons. The molecule has 0 unspecified atom stereocenters. The second-order valence-electron chi connectivity index (χ2n) is 1.94. The number of terminal acetylenes is 1. The molecule has 0 aromatic heterocycles. The summed E-state index contributed by atoms with van der Waals surface area (Å²) in [6, 6.07) is 0. The van der Waals surface area contributed by atoms with Crippen LogP contribution in [0.3, 0.4) is 0 Å². The third kappa shape index (κ3) is 6.88. The Kier molecular flexibility index (Phi) is 6.45. The van der Waals surface area contributed by atoms with E-state index < -0.39 is 0 Å². The minimum atomic E-state index is -0.109. The zero-order chi connectivity index (χ0) is 8.53. The molecular formula is C8H13NO2. The van der Waals surface area contributed by atoms with Crippen LogP contribution in [0, 0.1) is 12.3 Å². The van der Waals surface area contributed by atoms with Crippen molar-refractivity contribution < 1.29 is 9.53 Å². The third-order valence-corrected chi connectivity index (χ3v) is 1.03. The number of rotatable bonds is 5. The van der Waals surface area contributed by atoms with Crippen LogP contribution >= 0.6 is 0 Å². The van der Waals surface area contributed by atoms with Crippen molar-refractivity contribution in [3.63, 3.8) is 0 Å². The average molecular weight is 155 g/mol. The topological polar surface area (TPSA) is 38.3 Å². The molecule has 0 atom stereocenters. The molecule has 0 heterocycles. The smallest absolute Gasteiger partial charge is 0.246 e. The van der Waals surface area contributed by atoms with E-state index in [0.29, 0.717) is 19.6 Å². The molecule has 0 aromatic rings. The van der Waals surface area contributed by atoms with E-state index in [1.165, 1.54) is 0 Å². The number of nitrogens with one attached hydrogen (secondary N) is 1. The molecule has 0 saturated heterocycles. The maximum Gasteiger partial charge on any atom is 0.246 e. The SMILES string of the molecule is C#CCCNC(=O)COCC. The molecule has 3 heteroatoms. The van der Waals surface area contributed by atoms with Gasteiger partial charge in [0.25, 0.3) is 0 Å². The summed E-state index contributed by atoms with van der Waals surface area (Å²) in [6.07, 6.45) is 5.55. The van der Waals surface area contributed by atoms with E-state index in [1.54, 1.807) is 0 Å². The van der Waals surface area contributed by atoms with Crippen LogP contribution in [0.15, 0.2) is 0 Å². The Morgan fingerprint density at radius 2 is 2.45 bits per heavy atom. The van der Waals surface area contributed by atoms with Crippen LogP contribution in [0.25, 0.3) is 0 Å². The Hall–Kier alpha value is -1.01. The van der Waals surface area contributed by atoms with Crippen LogP contribution in [0.1, 0.15) is 13.3 Å². The Morgan fingerprint density at radius 3 is 3.00 bits per heavy atom. The summed E-state index contributed by atoms with van der Waals surface area (Å²) < 4.78 is 4.86. The highest BCUT2D eigenvalue weighted by Gasteiger charge is 1.96. The van der Waals surface area contributed by atoms with Crippen LogP contribution < -0.4 is 5.32 Å². The van der Waals surface area contributed by atoms with Gasteiger partial charge in [-0.05, 0) is 6.92 Å². The summed E-state index contributed by atoms with van der Waals surface area (Å²) in [6.45, 7) is 3.06.